The van der Waals surface area contributed by atoms with E-state index in [1.807, 2.05) is 13.0 Å². The molecule has 1 heterocycles. The van der Waals surface area contributed by atoms with Gasteiger partial charge in [-0.05, 0) is 44.2 Å². The third-order valence-electron chi connectivity index (χ3n) is 4.06. The van der Waals surface area contributed by atoms with Crippen molar-refractivity contribution in [3.05, 3.63) is 23.7 Å². The summed E-state index contributed by atoms with van der Waals surface area (Å²) in [6, 6.07) is 4.33. The Morgan fingerprint density at radius 3 is 2.84 bits per heavy atom. The standard InChI is InChI=1S/C15H22N2O2/c1-9-7-13(9)14-6-5-12(19-14)8-16-10(2)15(18)17-11-3-4-11/h5-6,9-11,13,16H,3-4,7-8H2,1-2H3,(H,17,18). The number of rotatable bonds is 6. The third-order valence-corrected chi connectivity index (χ3v) is 4.06. The Kier molecular flexibility index (Phi) is 3.35. The Bertz CT molecular complexity index is 464. The number of furan rings is 1. The zero-order chi connectivity index (χ0) is 13.4. The minimum Gasteiger partial charge on any atom is -0.464 e. The fourth-order valence-corrected chi connectivity index (χ4v) is 2.31. The van der Waals surface area contributed by atoms with Gasteiger partial charge < -0.3 is 9.73 Å². The molecule has 104 valence electrons. The van der Waals surface area contributed by atoms with Crippen LogP contribution in [0.5, 0.6) is 0 Å². The first-order chi connectivity index (χ1) is 9.13. The Morgan fingerprint density at radius 1 is 1.47 bits per heavy atom. The molecule has 2 fully saturated rings. The molecule has 0 bridgehead atoms. The summed E-state index contributed by atoms with van der Waals surface area (Å²) in [6.07, 6.45) is 3.49. The van der Waals surface area contributed by atoms with Gasteiger partial charge in [-0.2, -0.15) is 0 Å². The van der Waals surface area contributed by atoms with Gasteiger partial charge in [-0.3, -0.25) is 10.1 Å². The molecule has 0 spiro atoms. The second-order valence-corrected chi connectivity index (χ2v) is 6.01. The first-order valence-corrected chi connectivity index (χ1v) is 7.26. The van der Waals surface area contributed by atoms with Crippen molar-refractivity contribution >= 4 is 5.91 Å². The highest BCUT2D eigenvalue weighted by Crippen LogP contribution is 2.47. The second kappa shape index (κ2) is 5.00. The van der Waals surface area contributed by atoms with E-state index < -0.39 is 0 Å². The number of carbonyl (C=O) groups is 1. The first-order valence-electron chi connectivity index (χ1n) is 7.26. The molecule has 3 unspecified atom stereocenters. The van der Waals surface area contributed by atoms with Gasteiger partial charge in [-0.15, -0.1) is 0 Å². The van der Waals surface area contributed by atoms with Gasteiger partial charge in [0.1, 0.15) is 11.5 Å². The predicted octanol–water partition coefficient (Wildman–Crippen LogP) is 2.16. The van der Waals surface area contributed by atoms with Crippen molar-refractivity contribution in [1.82, 2.24) is 10.6 Å². The van der Waals surface area contributed by atoms with Crippen LogP contribution in [0.15, 0.2) is 16.5 Å². The highest BCUT2D eigenvalue weighted by molar-refractivity contribution is 5.81. The van der Waals surface area contributed by atoms with Crippen LogP contribution in [0.2, 0.25) is 0 Å². The van der Waals surface area contributed by atoms with Gasteiger partial charge in [0.2, 0.25) is 5.91 Å². The average molecular weight is 262 g/mol. The summed E-state index contributed by atoms with van der Waals surface area (Å²) in [4.78, 5) is 11.8. The van der Waals surface area contributed by atoms with E-state index in [1.54, 1.807) is 0 Å². The van der Waals surface area contributed by atoms with Gasteiger partial charge in [0.15, 0.2) is 0 Å². The largest absolute Gasteiger partial charge is 0.464 e. The van der Waals surface area contributed by atoms with Crippen LogP contribution in [0.25, 0.3) is 0 Å². The molecule has 4 heteroatoms. The molecule has 2 N–H and O–H groups in total. The molecular weight excluding hydrogens is 240 g/mol. The Hall–Kier alpha value is -1.29. The lowest BCUT2D eigenvalue weighted by molar-refractivity contribution is -0.122. The van der Waals surface area contributed by atoms with Crippen molar-refractivity contribution in [2.75, 3.05) is 0 Å². The van der Waals surface area contributed by atoms with E-state index in [2.05, 4.69) is 23.6 Å². The third kappa shape index (κ3) is 3.18. The molecule has 3 atom stereocenters. The zero-order valence-electron chi connectivity index (χ0n) is 11.6. The zero-order valence-corrected chi connectivity index (χ0v) is 11.6. The van der Waals surface area contributed by atoms with Gasteiger partial charge in [0.25, 0.3) is 0 Å². The lowest BCUT2D eigenvalue weighted by Gasteiger charge is -2.12. The summed E-state index contributed by atoms with van der Waals surface area (Å²) < 4.78 is 5.81. The van der Waals surface area contributed by atoms with E-state index >= 15 is 0 Å². The number of carbonyl (C=O) groups excluding carboxylic acids is 1. The second-order valence-electron chi connectivity index (χ2n) is 6.01. The minimum absolute atomic E-state index is 0.0881. The van der Waals surface area contributed by atoms with Gasteiger partial charge >= 0.3 is 0 Å². The van der Waals surface area contributed by atoms with Crippen molar-refractivity contribution in [2.45, 2.75) is 57.7 Å². The Morgan fingerprint density at radius 2 is 2.21 bits per heavy atom. The predicted molar refractivity (Wildman–Crippen MR) is 72.7 cm³/mol. The molecule has 0 saturated heterocycles. The molecule has 19 heavy (non-hydrogen) atoms. The molecule has 2 saturated carbocycles. The Labute approximate surface area is 113 Å². The molecule has 2 aliphatic carbocycles. The monoisotopic (exact) mass is 262 g/mol. The number of nitrogens with one attached hydrogen (secondary N) is 2. The summed E-state index contributed by atoms with van der Waals surface area (Å²) in [5, 5.41) is 6.21. The van der Waals surface area contributed by atoms with E-state index in [0.717, 1.165) is 30.3 Å². The van der Waals surface area contributed by atoms with Crippen molar-refractivity contribution in [2.24, 2.45) is 5.92 Å². The minimum atomic E-state index is -0.172. The molecule has 2 aliphatic rings. The van der Waals surface area contributed by atoms with Crippen LogP contribution >= 0.6 is 0 Å². The lowest BCUT2D eigenvalue weighted by atomic mass is 10.2. The quantitative estimate of drug-likeness (QED) is 0.826. The van der Waals surface area contributed by atoms with Crippen LogP contribution in [-0.2, 0) is 11.3 Å². The summed E-state index contributed by atoms with van der Waals surface area (Å²) in [6.45, 7) is 4.75. The molecule has 3 rings (SSSR count). The van der Waals surface area contributed by atoms with E-state index in [4.69, 9.17) is 4.42 Å². The van der Waals surface area contributed by atoms with E-state index in [9.17, 15) is 4.79 Å². The van der Waals surface area contributed by atoms with Crippen molar-refractivity contribution in [3.8, 4) is 0 Å². The maximum Gasteiger partial charge on any atom is 0.237 e. The van der Waals surface area contributed by atoms with Crippen molar-refractivity contribution in [3.63, 3.8) is 0 Å². The topological polar surface area (TPSA) is 54.3 Å². The lowest BCUT2D eigenvalue weighted by Crippen LogP contribution is -2.42. The summed E-state index contributed by atoms with van der Waals surface area (Å²) >= 11 is 0. The van der Waals surface area contributed by atoms with Crippen LogP contribution in [-0.4, -0.2) is 18.0 Å². The van der Waals surface area contributed by atoms with E-state index in [-0.39, 0.29) is 11.9 Å². The normalized spacial score (nSPS) is 27.1. The highest BCUT2D eigenvalue weighted by atomic mass is 16.3. The average Bonchev–Trinajstić information content (AvgIpc) is 3.29. The SMILES string of the molecule is CC(NCc1ccc(C2CC2C)o1)C(=O)NC1CC1. The Balaban J connectivity index is 1.45. The van der Waals surface area contributed by atoms with E-state index in [0.29, 0.717) is 18.5 Å². The van der Waals surface area contributed by atoms with Gasteiger partial charge in [-0.1, -0.05) is 6.92 Å². The molecule has 1 amide bonds. The summed E-state index contributed by atoms with van der Waals surface area (Å²) in [5.41, 5.74) is 0. The summed E-state index contributed by atoms with van der Waals surface area (Å²) in [5.74, 6) is 3.48. The van der Waals surface area contributed by atoms with E-state index in [1.165, 1.54) is 6.42 Å². The van der Waals surface area contributed by atoms with Crippen LogP contribution in [0.4, 0.5) is 0 Å². The van der Waals surface area contributed by atoms with Crippen molar-refractivity contribution in [1.29, 1.82) is 0 Å². The number of hydrogen-bond acceptors (Lipinski definition) is 3. The molecule has 4 nitrogen and oxygen atoms in total. The fraction of sp³-hybridized carbons (Fsp3) is 0.667. The first kappa shape index (κ1) is 12.7. The van der Waals surface area contributed by atoms with Crippen LogP contribution in [0.3, 0.4) is 0 Å². The smallest absolute Gasteiger partial charge is 0.237 e. The molecule has 0 aliphatic heterocycles. The highest BCUT2D eigenvalue weighted by Gasteiger charge is 2.36. The van der Waals surface area contributed by atoms with Crippen LogP contribution in [0, 0.1) is 5.92 Å². The van der Waals surface area contributed by atoms with Crippen LogP contribution in [0.1, 0.15) is 50.5 Å². The molecule has 0 radical (unpaired) electrons. The summed E-state index contributed by atoms with van der Waals surface area (Å²) in [7, 11) is 0. The van der Waals surface area contributed by atoms with Crippen molar-refractivity contribution < 1.29 is 9.21 Å². The van der Waals surface area contributed by atoms with Gasteiger partial charge in [0.05, 0.1) is 12.6 Å². The molecule has 0 aromatic carbocycles. The molecular formula is C15H22N2O2. The van der Waals surface area contributed by atoms with Gasteiger partial charge in [0, 0.05) is 12.0 Å². The fourth-order valence-electron chi connectivity index (χ4n) is 2.31. The number of hydrogen-bond donors (Lipinski definition) is 2. The van der Waals surface area contributed by atoms with Gasteiger partial charge in [-0.25, -0.2) is 0 Å². The molecule has 1 aromatic rings. The maximum atomic E-state index is 11.8. The van der Waals surface area contributed by atoms with Crippen LogP contribution < -0.4 is 10.6 Å². The maximum absolute atomic E-state index is 11.8. The number of amides is 1. The molecule has 1 aromatic heterocycles.